The zero-order valence-corrected chi connectivity index (χ0v) is 18.9. The van der Waals surface area contributed by atoms with Gasteiger partial charge in [0.2, 0.25) is 0 Å². The van der Waals surface area contributed by atoms with Crippen molar-refractivity contribution in [2.24, 2.45) is 0 Å². The summed E-state index contributed by atoms with van der Waals surface area (Å²) in [5.74, 6) is -0.0783. The topological polar surface area (TPSA) is 66.8 Å². The lowest BCUT2D eigenvalue weighted by Crippen LogP contribution is -2.39. The van der Waals surface area contributed by atoms with E-state index in [2.05, 4.69) is 15.3 Å². The summed E-state index contributed by atoms with van der Waals surface area (Å²) in [6.07, 6.45) is 3.33. The number of benzene rings is 2. The van der Waals surface area contributed by atoms with E-state index in [1.807, 2.05) is 41.4 Å². The predicted molar refractivity (Wildman–Crippen MR) is 124 cm³/mol. The highest BCUT2D eigenvalue weighted by Crippen LogP contribution is 2.38. The third kappa shape index (κ3) is 4.71. The lowest BCUT2D eigenvalue weighted by atomic mass is 9.93. The molecule has 1 aliphatic rings. The highest BCUT2D eigenvalue weighted by molar-refractivity contribution is 5.96. The van der Waals surface area contributed by atoms with Gasteiger partial charge in [-0.3, -0.25) is 14.6 Å². The summed E-state index contributed by atoms with van der Waals surface area (Å²) in [5, 5.41) is 11.5. The molecule has 35 heavy (non-hydrogen) atoms. The van der Waals surface area contributed by atoms with Crippen molar-refractivity contribution in [2.75, 3.05) is 6.54 Å². The number of carbonyl (C=O) groups is 1. The molecule has 4 aromatic rings. The Bertz CT molecular complexity index is 1300. The fourth-order valence-electron chi connectivity index (χ4n) is 4.68. The standard InChI is InChI=1S/C26H24F3N5O/c27-26(28,29)20-11-9-18(10-12-20)22-16-30-32-24(22)23-8-3-4-15-34(23)25(35)21-7-2-1-6-19(21)17-33-14-5-13-31-33/h1-2,5-7,9-14,16,23H,3-4,8,15,17H2,(H,30,32)/t23-/m1/s1. The number of aromatic amines is 1. The number of piperidine rings is 1. The Kier molecular flexibility index (Phi) is 6.15. The number of aromatic nitrogens is 4. The number of hydrogen-bond acceptors (Lipinski definition) is 3. The summed E-state index contributed by atoms with van der Waals surface area (Å²) in [5.41, 5.74) is 2.85. The average molecular weight is 480 g/mol. The zero-order valence-electron chi connectivity index (χ0n) is 18.9. The van der Waals surface area contributed by atoms with E-state index < -0.39 is 11.7 Å². The lowest BCUT2D eigenvalue weighted by Gasteiger charge is -2.36. The number of nitrogens with one attached hydrogen (secondary N) is 1. The van der Waals surface area contributed by atoms with E-state index in [1.165, 1.54) is 12.1 Å². The maximum absolute atomic E-state index is 13.8. The van der Waals surface area contributed by atoms with Crippen LogP contribution in [-0.4, -0.2) is 37.3 Å². The molecule has 2 aromatic heterocycles. The van der Waals surface area contributed by atoms with Crippen LogP contribution in [0.25, 0.3) is 11.1 Å². The number of hydrogen-bond donors (Lipinski definition) is 1. The van der Waals surface area contributed by atoms with Crippen LogP contribution >= 0.6 is 0 Å². The van der Waals surface area contributed by atoms with E-state index >= 15 is 0 Å². The van der Waals surface area contributed by atoms with Crippen LogP contribution in [0.2, 0.25) is 0 Å². The molecule has 0 unspecified atom stereocenters. The van der Waals surface area contributed by atoms with Crippen molar-refractivity contribution in [1.29, 1.82) is 0 Å². The van der Waals surface area contributed by atoms with Crippen molar-refractivity contribution < 1.29 is 18.0 Å². The number of amides is 1. The smallest absolute Gasteiger partial charge is 0.330 e. The summed E-state index contributed by atoms with van der Waals surface area (Å²) < 4.78 is 40.8. The molecule has 0 saturated carbocycles. The molecule has 1 aliphatic heterocycles. The third-order valence-corrected chi connectivity index (χ3v) is 6.43. The van der Waals surface area contributed by atoms with Gasteiger partial charge in [0.15, 0.2) is 0 Å². The highest BCUT2D eigenvalue weighted by atomic mass is 19.4. The first-order valence-corrected chi connectivity index (χ1v) is 11.5. The highest BCUT2D eigenvalue weighted by Gasteiger charge is 2.33. The second-order valence-electron chi connectivity index (χ2n) is 8.64. The molecule has 0 radical (unpaired) electrons. The number of likely N-dealkylation sites (tertiary alicyclic amines) is 1. The molecule has 1 saturated heterocycles. The van der Waals surface area contributed by atoms with Crippen molar-refractivity contribution in [2.45, 2.75) is 38.0 Å². The minimum absolute atomic E-state index is 0.0783. The number of halogens is 3. The van der Waals surface area contributed by atoms with Crippen molar-refractivity contribution >= 4 is 5.91 Å². The van der Waals surface area contributed by atoms with Crippen molar-refractivity contribution in [3.8, 4) is 11.1 Å². The number of nitrogens with zero attached hydrogens (tertiary/aromatic N) is 4. The van der Waals surface area contributed by atoms with Gasteiger partial charge in [0.05, 0.1) is 30.0 Å². The maximum Gasteiger partial charge on any atom is 0.416 e. The summed E-state index contributed by atoms with van der Waals surface area (Å²) in [7, 11) is 0. The molecule has 0 bridgehead atoms. The summed E-state index contributed by atoms with van der Waals surface area (Å²) in [6.45, 7) is 1.07. The zero-order chi connectivity index (χ0) is 24.4. The van der Waals surface area contributed by atoms with Gasteiger partial charge >= 0.3 is 6.18 Å². The van der Waals surface area contributed by atoms with Gasteiger partial charge in [-0.15, -0.1) is 0 Å². The molecule has 9 heteroatoms. The molecule has 0 aliphatic carbocycles. The largest absolute Gasteiger partial charge is 0.416 e. The molecule has 180 valence electrons. The Morgan fingerprint density at radius 3 is 2.60 bits per heavy atom. The molecule has 5 rings (SSSR count). The van der Waals surface area contributed by atoms with Crippen LogP contribution in [-0.2, 0) is 12.7 Å². The van der Waals surface area contributed by atoms with Gasteiger partial charge in [0, 0.05) is 30.1 Å². The summed E-state index contributed by atoms with van der Waals surface area (Å²) in [6, 6.07) is 14.1. The van der Waals surface area contributed by atoms with E-state index in [-0.39, 0.29) is 11.9 Å². The minimum Gasteiger partial charge on any atom is -0.330 e. The predicted octanol–water partition coefficient (Wildman–Crippen LogP) is 5.71. The van der Waals surface area contributed by atoms with Crippen LogP contribution in [0.1, 0.15) is 52.5 Å². The van der Waals surface area contributed by atoms with Gasteiger partial charge in [0.1, 0.15) is 0 Å². The lowest BCUT2D eigenvalue weighted by molar-refractivity contribution is -0.137. The van der Waals surface area contributed by atoms with Gasteiger partial charge in [0.25, 0.3) is 5.91 Å². The summed E-state index contributed by atoms with van der Waals surface area (Å²) >= 11 is 0. The van der Waals surface area contributed by atoms with Crippen molar-refractivity contribution in [1.82, 2.24) is 24.9 Å². The van der Waals surface area contributed by atoms with Crippen LogP contribution < -0.4 is 0 Å². The van der Waals surface area contributed by atoms with Crippen LogP contribution in [0.15, 0.2) is 73.2 Å². The molecule has 1 amide bonds. The van der Waals surface area contributed by atoms with E-state index in [4.69, 9.17) is 0 Å². The average Bonchev–Trinajstić information content (AvgIpc) is 3.56. The normalized spacial score (nSPS) is 16.4. The number of alkyl halides is 3. The second kappa shape index (κ2) is 9.40. The molecule has 3 heterocycles. The Morgan fingerprint density at radius 2 is 1.86 bits per heavy atom. The SMILES string of the molecule is O=C(c1ccccc1Cn1cccn1)N1CCCC[C@@H]1c1[nH]ncc1-c1ccc(C(F)(F)F)cc1. The fourth-order valence-corrected chi connectivity index (χ4v) is 4.68. The van der Waals surface area contributed by atoms with Gasteiger partial charge in [-0.1, -0.05) is 30.3 Å². The third-order valence-electron chi connectivity index (χ3n) is 6.43. The van der Waals surface area contributed by atoms with Crippen LogP contribution in [0.5, 0.6) is 0 Å². The molecule has 1 fully saturated rings. The first-order valence-electron chi connectivity index (χ1n) is 11.5. The Labute approximate surface area is 200 Å². The van der Waals surface area contributed by atoms with Crippen molar-refractivity contribution in [3.63, 3.8) is 0 Å². The second-order valence-corrected chi connectivity index (χ2v) is 8.64. The Morgan fingerprint density at radius 1 is 1.06 bits per heavy atom. The van der Waals surface area contributed by atoms with Crippen molar-refractivity contribution in [3.05, 3.63) is 95.6 Å². The van der Waals surface area contributed by atoms with Gasteiger partial charge in [-0.2, -0.15) is 23.4 Å². The van der Waals surface area contributed by atoms with E-state index in [0.29, 0.717) is 29.8 Å². The van der Waals surface area contributed by atoms with Crippen LogP contribution in [0.4, 0.5) is 13.2 Å². The number of H-pyrrole nitrogens is 1. The number of rotatable bonds is 5. The van der Waals surface area contributed by atoms with E-state index in [9.17, 15) is 18.0 Å². The first kappa shape index (κ1) is 22.9. The molecular weight excluding hydrogens is 455 g/mol. The Balaban J connectivity index is 1.45. The van der Waals surface area contributed by atoms with Crippen LogP contribution in [0.3, 0.4) is 0 Å². The molecule has 1 N–H and O–H groups in total. The molecule has 2 aromatic carbocycles. The minimum atomic E-state index is -4.39. The quantitative estimate of drug-likeness (QED) is 0.399. The monoisotopic (exact) mass is 479 g/mol. The molecule has 1 atom stereocenters. The molecule has 0 spiro atoms. The van der Waals surface area contributed by atoms with E-state index in [1.54, 1.807) is 17.1 Å². The fraction of sp³-hybridized carbons (Fsp3) is 0.269. The van der Waals surface area contributed by atoms with Gasteiger partial charge in [-0.25, -0.2) is 0 Å². The van der Waals surface area contributed by atoms with E-state index in [0.717, 1.165) is 42.7 Å². The number of carbonyl (C=O) groups excluding carboxylic acids is 1. The van der Waals surface area contributed by atoms with Gasteiger partial charge < -0.3 is 4.90 Å². The Hall–Kier alpha value is -3.88. The first-order chi connectivity index (χ1) is 16.9. The maximum atomic E-state index is 13.8. The molecule has 6 nitrogen and oxygen atoms in total. The molecular formula is C26H24F3N5O. The van der Waals surface area contributed by atoms with Crippen LogP contribution in [0, 0.1) is 0 Å². The summed E-state index contributed by atoms with van der Waals surface area (Å²) in [4.78, 5) is 15.6. The van der Waals surface area contributed by atoms with Gasteiger partial charge in [-0.05, 0) is 54.7 Å².